The van der Waals surface area contributed by atoms with Gasteiger partial charge in [0.05, 0.1) is 0 Å². The third-order valence-corrected chi connectivity index (χ3v) is 3.48. The van der Waals surface area contributed by atoms with Gasteiger partial charge in [0.2, 0.25) is 0 Å². The third kappa shape index (κ3) is 5.56. The summed E-state index contributed by atoms with van der Waals surface area (Å²) in [6.07, 6.45) is 4.46. The average Bonchev–Trinajstić information content (AvgIpc) is 2.24. The lowest BCUT2D eigenvalue weighted by atomic mass is 9.79. The van der Waals surface area contributed by atoms with E-state index in [9.17, 15) is 4.79 Å². The van der Waals surface area contributed by atoms with Crippen LogP contribution in [0, 0.1) is 11.8 Å². The molecule has 0 radical (unpaired) electrons. The maximum Gasteiger partial charge on any atom is 0.407 e. The van der Waals surface area contributed by atoms with Crippen molar-refractivity contribution >= 4 is 6.09 Å². The van der Waals surface area contributed by atoms with Crippen LogP contribution >= 0.6 is 0 Å². The fourth-order valence-corrected chi connectivity index (χ4v) is 2.40. The largest absolute Gasteiger partial charge is 0.444 e. The monoisotopic (exact) mass is 253 g/mol. The van der Waals surface area contributed by atoms with E-state index in [0.29, 0.717) is 11.8 Å². The summed E-state index contributed by atoms with van der Waals surface area (Å²) < 4.78 is 5.22. The number of carbonyl (C=O) groups excluding carboxylic acids is 1. The normalized spacial score (nSPS) is 24.4. The molecule has 0 aliphatic heterocycles. The van der Waals surface area contributed by atoms with Crippen LogP contribution in [-0.2, 0) is 4.74 Å². The Labute approximate surface area is 111 Å². The van der Waals surface area contributed by atoms with E-state index in [1.165, 1.54) is 31.3 Å². The second kappa shape index (κ2) is 6.26. The van der Waals surface area contributed by atoms with Crippen molar-refractivity contribution in [3.63, 3.8) is 0 Å². The predicted molar refractivity (Wildman–Crippen MR) is 74.5 cm³/mol. The number of ether oxygens (including phenoxy) is 1. The first-order chi connectivity index (χ1) is 8.28. The lowest BCUT2D eigenvalue weighted by Gasteiger charge is -2.29. The van der Waals surface area contributed by atoms with E-state index in [1.54, 1.807) is 0 Å². The van der Waals surface area contributed by atoms with Crippen molar-refractivity contribution in [1.29, 1.82) is 0 Å². The number of allylic oxidation sites excluding steroid dienone is 1. The van der Waals surface area contributed by atoms with Gasteiger partial charge >= 0.3 is 6.09 Å². The molecule has 0 aromatic heterocycles. The molecular formula is C15H27NO2. The lowest BCUT2D eigenvalue weighted by Crippen LogP contribution is -2.36. The van der Waals surface area contributed by atoms with Gasteiger partial charge in [-0.25, -0.2) is 4.79 Å². The van der Waals surface area contributed by atoms with E-state index in [-0.39, 0.29) is 6.09 Å². The zero-order valence-electron chi connectivity index (χ0n) is 12.2. The molecule has 3 nitrogen and oxygen atoms in total. The molecule has 1 aliphatic carbocycles. The maximum atomic E-state index is 11.5. The Bertz CT molecular complexity index is 296. The maximum absolute atomic E-state index is 11.5. The highest BCUT2D eigenvalue weighted by atomic mass is 16.6. The van der Waals surface area contributed by atoms with Crippen LogP contribution in [0.25, 0.3) is 0 Å². The minimum atomic E-state index is -0.415. The Morgan fingerprint density at radius 1 is 1.28 bits per heavy atom. The highest BCUT2D eigenvalue weighted by molar-refractivity contribution is 5.67. The summed E-state index contributed by atoms with van der Waals surface area (Å²) in [6.45, 7) is 12.5. The molecule has 1 N–H and O–H groups in total. The van der Waals surface area contributed by atoms with Gasteiger partial charge in [0, 0.05) is 6.54 Å². The van der Waals surface area contributed by atoms with E-state index in [1.807, 2.05) is 20.8 Å². The Morgan fingerprint density at radius 2 is 1.83 bits per heavy atom. The van der Waals surface area contributed by atoms with Crippen molar-refractivity contribution in [3.8, 4) is 0 Å². The van der Waals surface area contributed by atoms with Crippen LogP contribution in [0.2, 0.25) is 0 Å². The number of nitrogens with one attached hydrogen (secondary N) is 1. The quantitative estimate of drug-likeness (QED) is 0.775. The second-order valence-corrected chi connectivity index (χ2v) is 6.45. The first-order valence-electron chi connectivity index (χ1n) is 6.90. The van der Waals surface area contributed by atoms with Gasteiger partial charge in [0.1, 0.15) is 5.60 Å². The smallest absolute Gasteiger partial charge is 0.407 e. The van der Waals surface area contributed by atoms with Gasteiger partial charge in [0.25, 0.3) is 0 Å². The van der Waals surface area contributed by atoms with E-state index in [0.717, 1.165) is 6.54 Å². The van der Waals surface area contributed by atoms with Crippen LogP contribution < -0.4 is 5.32 Å². The molecule has 1 amide bonds. The van der Waals surface area contributed by atoms with Gasteiger partial charge in [-0.1, -0.05) is 12.2 Å². The molecule has 0 saturated heterocycles. The van der Waals surface area contributed by atoms with Gasteiger partial charge < -0.3 is 10.1 Å². The number of amides is 1. The number of alkyl carbamates (subject to hydrolysis) is 1. The molecule has 1 aliphatic rings. The molecule has 0 atom stereocenters. The van der Waals surface area contributed by atoms with E-state index < -0.39 is 5.60 Å². The summed E-state index contributed by atoms with van der Waals surface area (Å²) in [5.74, 6) is 1.27. The molecule has 0 unspecified atom stereocenters. The SMILES string of the molecule is C=C(C)[C@H]1CC[C@H](CNC(=O)OC(C)(C)C)CC1. The summed E-state index contributed by atoms with van der Waals surface area (Å²) in [6, 6.07) is 0. The Morgan fingerprint density at radius 3 is 2.28 bits per heavy atom. The van der Waals surface area contributed by atoms with Crippen LogP contribution in [0.1, 0.15) is 53.4 Å². The highest BCUT2D eigenvalue weighted by Gasteiger charge is 2.22. The van der Waals surface area contributed by atoms with Crippen molar-refractivity contribution in [1.82, 2.24) is 5.32 Å². The molecule has 1 rings (SSSR count). The van der Waals surface area contributed by atoms with Crippen LogP contribution in [0.4, 0.5) is 4.79 Å². The topological polar surface area (TPSA) is 38.3 Å². The van der Waals surface area contributed by atoms with Gasteiger partial charge in [-0.15, -0.1) is 0 Å². The summed E-state index contributed by atoms with van der Waals surface area (Å²) in [5, 5.41) is 2.87. The molecule has 0 spiro atoms. The molecule has 3 heteroatoms. The van der Waals surface area contributed by atoms with Crippen molar-refractivity contribution in [2.75, 3.05) is 6.54 Å². The minimum Gasteiger partial charge on any atom is -0.444 e. The molecule has 104 valence electrons. The number of carbonyl (C=O) groups is 1. The average molecular weight is 253 g/mol. The van der Waals surface area contributed by atoms with Gasteiger partial charge in [-0.05, 0) is 65.2 Å². The Hall–Kier alpha value is -0.990. The van der Waals surface area contributed by atoms with Gasteiger partial charge in [-0.2, -0.15) is 0 Å². The first-order valence-corrected chi connectivity index (χ1v) is 6.90. The second-order valence-electron chi connectivity index (χ2n) is 6.45. The number of rotatable bonds is 3. The Kier molecular flexibility index (Phi) is 5.24. The third-order valence-electron chi connectivity index (χ3n) is 3.48. The highest BCUT2D eigenvalue weighted by Crippen LogP contribution is 2.32. The van der Waals surface area contributed by atoms with Crippen molar-refractivity contribution in [2.45, 2.75) is 59.0 Å². The van der Waals surface area contributed by atoms with Crippen molar-refractivity contribution in [3.05, 3.63) is 12.2 Å². The van der Waals surface area contributed by atoms with Crippen molar-refractivity contribution in [2.24, 2.45) is 11.8 Å². The fourth-order valence-electron chi connectivity index (χ4n) is 2.40. The number of hydrogen-bond donors (Lipinski definition) is 1. The predicted octanol–water partition coefficient (Wildman–Crippen LogP) is 3.89. The number of hydrogen-bond acceptors (Lipinski definition) is 2. The van der Waals surface area contributed by atoms with E-state index >= 15 is 0 Å². The molecule has 18 heavy (non-hydrogen) atoms. The molecule has 1 saturated carbocycles. The summed E-state index contributed by atoms with van der Waals surface area (Å²) in [4.78, 5) is 11.5. The van der Waals surface area contributed by atoms with Crippen LogP contribution in [-0.4, -0.2) is 18.2 Å². The van der Waals surface area contributed by atoms with Gasteiger partial charge in [-0.3, -0.25) is 0 Å². The summed E-state index contributed by atoms with van der Waals surface area (Å²) >= 11 is 0. The molecular weight excluding hydrogens is 226 g/mol. The molecule has 0 aromatic carbocycles. The zero-order chi connectivity index (χ0) is 13.8. The van der Waals surface area contributed by atoms with Crippen molar-refractivity contribution < 1.29 is 9.53 Å². The molecule has 0 bridgehead atoms. The molecule has 0 heterocycles. The van der Waals surface area contributed by atoms with Crippen LogP contribution in [0.5, 0.6) is 0 Å². The molecule has 1 fully saturated rings. The Balaban J connectivity index is 2.22. The van der Waals surface area contributed by atoms with Gasteiger partial charge in [0.15, 0.2) is 0 Å². The van der Waals surface area contributed by atoms with Crippen LogP contribution in [0.3, 0.4) is 0 Å². The van der Waals surface area contributed by atoms with Crippen LogP contribution in [0.15, 0.2) is 12.2 Å². The lowest BCUT2D eigenvalue weighted by molar-refractivity contribution is 0.0514. The first kappa shape index (κ1) is 15.1. The minimum absolute atomic E-state index is 0.301. The van der Waals surface area contributed by atoms with E-state index in [4.69, 9.17) is 4.74 Å². The zero-order valence-corrected chi connectivity index (χ0v) is 12.2. The molecule has 0 aromatic rings. The van der Waals surface area contributed by atoms with E-state index in [2.05, 4.69) is 18.8 Å². The summed E-state index contributed by atoms with van der Waals surface area (Å²) in [7, 11) is 0. The fraction of sp³-hybridized carbons (Fsp3) is 0.800. The standard InChI is InChI=1S/C15H27NO2/c1-11(2)13-8-6-12(7-9-13)10-16-14(17)18-15(3,4)5/h12-13H,1,6-10H2,2-5H3,(H,16,17)/t12-,13-. The summed E-state index contributed by atoms with van der Waals surface area (Å²) in [5.41, 5.74) is 0.885.